The molecule has 0 saturated heterocycles. The topological polar surface area (TPSA) is 107 Å². The van der Waals surface area contributed by atoms with Gasteiger partial charge in [0, 0.05) is 12.5 Å². The number of aromatic nitrogens is 1. The lowest BCUT2D eigenvalue weighted by Crippen LogP contribution is -2.13. The van der Waals surface area contributed by atoms with E-state index in [1.165, 1.54) is 18.5 Å². The van der Waals surface area contributed by atoms with Crippen molar-refractivity contribution >= 4 is 25.4 Å². The minimum absolute atomic E-state index is 0.000927. The van der Waals surface area contributed by atoms with E-state index in [0.29, 0.717) is 0 Å². The second kappa shape index (κ2) is 5.01. The van der Waals surface area contributed by atoms with E-state index in [-0.39, 0.29) is 28.5 Å². The van der Waals surface area contributed by atoms with Crippen LogP contribution in [0, 0.1) is 0 Å². The number of nitrogen functional groups attached to an aromatic ring is 1. The van der Waals surface area contributed by atoms with Crippen LogP contribution in [0.25, 0.3) is 0 Å². The summed E-state index contributed by atoms with van der Waals surface area (Å²) < 4.78 is 45.5. The number of pyridine rings is 1. The van der Waals surface area contributed by atoms with E-state index in [9.17, 15) is 16.8 Å². The molecular formula is C9H14N2O4S2. The van der Waals surface area contributed by atoms with Crippen molar-refractivity contribution in [3.05, 3.63) is 18.5 Å². The van der Waals surface area contributed by atoms with E-state index < -0.39 is 19.7 Å². The molecule has 0 bridgehead atoms. The predicted octanol–water partition coefficient (Wildman–Crippen LogP) is -0.128. The average molecular weight is 278 g/mol. The van der Waals surface area contributed by atoms with Gasteiger partial charge in [0.1, 0.15) is 9.84 Å². The molecule has 17 heavy (non-hydrogen) atoms. The first-order chi connectivity index (χ1) is 7.72. The van der Waals surface area contributed by atoms with Crippen LogP contribution in [-0.4, -0.2) is 39.6 Å². The first kappa shape index (κ1) is 13.9. The van der Waals surface area contributed by atoms with Crippen molar-refractivity contribution in [2.45, 2.75) is 11.3 Å². The molecule has 1 aromatic rings. The molecule has 0 aliphatic heterocycles. The number of anilines is 1. The fraction of sp³-hybridized carbons (Fsp3) is 0.444. The quantitative estimate of drug-likeness (QED) is 0.804. The molecule has 0 unspecified atom stereocenters. The molecule has 8 heteroatoms. The van der Waals surface area contributed by atoms with Crippen LogP contribution in [0.2, 0.25) is 0 Å². The minimum atomic E-state index is -3.54. The summed E-state index contributed by atoms with van der Waals surface area (Å²) in [6.07, 6.45) is 3.71. The number of hydrogen-bond acceptors (Lipinski definition) is 6. The molecule has 1 rings (SSSR count). The monoisotopic (exact) mass is 278 g/mol. The Labute approximate surface area is 101 Å². The van der Waals surface area contributed by atoms with Gasteiger partial charge >= 0.3 is 0 Å². The van der Waals surface area contributed by atoms with Crippen LogP contribution in [0.4, 0.5) is 5.69 Å². The van der Waals surface area contributed by atoms with Crippen molar-refractivity contribution in [2.75, 3.05) is 23.5 Å². The van der Waals surface area contributed by atoms with Gasteiger partial charge in [-0.15, -0.1) is 0 Å². The average Bonchev–Trinajstić information content (AvgIpc) is 2.15. The Morgan fingerprint density at radius 3 is 2.41 bits per heavy atom. The van der Waals surface area contributed by atoms with Crippen molar-refractivity contribution < 1.29 is 16.8 Å². The zero-order chi connectivity index (χ0) is 13.1. The van der Waals surface area contributed by atoms with Gasteiger partial charge in [0.05, 0.1) is 28.3 Å². The smallest absolute Gasteiger partial charge is 0.180 e. The summed E-state index contributed by atoms with van der Waals surface area (Å²) in [4.78, 5) is 3.69. The fourth-order valence-electron chi connectivity index (χ4n) is 1.30. The summed E-state index contributed by atoms with van der Waals surface area (Å²) in [5, 5.41) is 0. The molecule has 0 aliphatic carbocycles. The van der Waals surface area contributed by atoms with Gasteiger partial charge in [-0.25, -0.2) is 16.8 Å². The molecule has 0 amide bonds. The first-order valence-corrected chi connectivity index (χ1v) is 8.53. The van der Waals surface area contributed by atoms with Crippen LogP contribution in [-0.2, 0) is 19.7 Å². The highest BCUT2D eigenvalue weighted by atomic mass is 32.2. The van der Waals surface area contributed by atoms with E-state index in [1.54, 1.807) is 0 Å². The van der Waals surface area contributed by atoms with E-state index in [0.717, 1.165) is 6.26 Å². The lowest BCUT2D eigenvalue weighted by atomic mass is 10.4. The van der Waals surface area contributed by atoms with Crippen LogP contribution in [0.15, 0.2) is 23.4 Å². The third-order valence-electron chi connectivity index (χ3n) is 2.07. The first-order valence-electron chi connectivity index (χ1n) is 4.82. The largest absolute Gasteiger partial charge is 0.396 e. The second-order valence-corrected chi connectivity index (χ2v) is 8.05. The van der Waals surface area contributed by atoms with E-state index in [4.69, 9.17) is 5.73 Å². The van der Waals surface area contributed by atoms with E-state index in [2.05, 4.69) is 4.98 Å². The molecule has 0 saturated carbocycles. The molecule has 96 valence electrons. The highest BCUT2D eigenvalue weighted by Gasteiger charge is 2.18. The Balaban J connectivity index is 2.81. The van der Waals surface area contributed by atoms with E-state index in [1.807, 2.05) is 0 Å². The van der Waals surface area contributed by atoms with Crippen molar-refractivity contribution in [1.82, 2.24) is 4.98 Å². The number of hydrogen-bond donors (Lipinski definition) is 1. The summed E-state index contributed by atoms with van der Waals surface area (Å²) in [5.41, 5.74) is 5.58. The van der Waals surface area contributed by atoms with Gasteiger partial charge in [-0.2, -0.15) is 0 Å². The maximum absolute atomic E-state index is 11.8. The van der Waals surface area contributed by atoms with Gasteiger partial charge in [-0.3, -0.25) is 4.98 Å². The van der Waals surface area contributed by atoms with Gasteiger partial charge in [-0.1, -0.05) is 0 Å². The Bertz CT molecular complexity index is 593. The molecule has 1 aromatic heterocycles. The van der Waals surface area contributed by atoms with Crippen molar-refractivity contribution in [3.8, 4) is 0 Å². The number of sulfone groups is 2. The summed E-state index contributed by atoms with van der Waals surface area (Å²) in [6.45, 7) is 0. The predicted molar refractivity (Wildman–Crippen MR) is 65.0 cm³/mol. The van der Waals surface area contributed by atoms with Gasteiger partial charge in [0.2, 0.25) is 0 Å². The summed E-state index contributed by atoms with van der Waals surface area (Å²) >= 11 is 0. The van der Waals surface area contributed by atoms with Crippen LogP contribution in [0.3, 0.4) is 0 Å². The Kier molecular flexibility index (Phi) is 4.10. The van der Waals surface area contributed by atoms with Gasteiger partial charge in [0.15, 0.2) is 9.84 Å². The zero-order valence-electron chi connectivity index (χ0n) is 9.33. The van der Waals surface area contributed by atoms with Crippen molar-refractivity contribution in [3.63, 3.8) is 0 Å². The SMILES string of the molecule is CS(=O)(=O)CCCS(=O)(=O)c1ccncc1N. The highest BCUT2D eigenvalue weighted by Crippen LogP contribution is 2.18. The lowest BCUT2D eigenvalue weighted by Gasteiger charge is -2.06. The molecule has 0 fully saturated rings. The molecular weight excluding hydrogens is 264 g/mol. The molecule has 0 spiro atoms. The second-order valence-electron chi connectivity index (χ2n) is 3.72. The molecule has 2 N–H and O–H groups in total. The lowest BCUT2D eigenvalue weighted by molar-refractivity contribution is 0.592. The minimum Gasteiger partial charge on any atom is -0.396 e. The van der Waals surface area contributed by atoms with Crippen molar-refractivity contribution in [2.24, 2.45) is 0 Å². The zero-order valence-corrected chi connectivity index (χ0v) is 11.0. The summed E-state index contributed by atoms with van der Waals surface area (Å²) in [6, 6.07) is 1.31. The standard InChI is InChI=1S/C9H14N2O4S2/c1-16(12,13)5-2-6-17(14,15)9-3-4-11-7-8(9)10/h3-4,7H,2,5-6,10H2,1H3. The van der Waals surface area contributed by atoms with Crippen LogP contribution >= 0.6 is 0 Å². The summed E-state index contributed by atoms with van der Waals surface area (Å²) in [7, 11) is -6.69. The van der Waals surface area contributed by atoms with Gasteiger partial charge in [-0.05, 0) is 12.5 Å². The Morgan fingerprint density at radius 1 is 1.24 bits per heavy atom. The maximum atomic E-state index is 11.8. The third-order valence-corrected chi connectivity index (χ3v) is 4.97. The van der Waals surface area contributed by atoms with Crippen LogP contribution in [0.1, 0.15) is 6.42 Å². The number of nitrogens with zero attached hydrogens (tertiary/aromatic N) is 1. The molecule has 0 atom stereocenters. The van der Waals surface area contributed by atoms with Gasteiger partial charge in [0.25, 0.3) is 0 Å². The van der Waals surface area contributed by atoms with Crippen LogP contribution < -0.4 is 5.73 Å². The Morgan fingerprint density at radius 2 is 1.88 bits per heavy atom. The third kappa shape index (κ3) is 4.31. The molecule has 1 heterocycles. The van der Waals surface area contributed by atoms with E-state index >= 15 is 0 Å². The van der Waals surface area contributed by atoms with Gasteiger partial charge < -0.3 is 5.73 Å². The molecule has 0 radical (unpaired) electrons. The summed E-state index contributed by atoms with van der Waals surface area (Å²) in [5.74, 6) is -0.397. The number of rotatable bonds is 5. The normalized spacial score (nSPS) is 12.5. The Hall–Kier alpha value is -1.15. The van der Waals surface area contributed by atoms with Crippen molar-refractivity contribution in [1.29, 1.82) is 0 Å². The molecule has 6 nitrogen and oxygen atoms in total. The number of nitrogens with two attached hydrogens (primary N) is 1. The fourth-order valence-corrected chi connectivity index (χ4v) is 3.57. The van der Waals surface area contributed by atoms with Crippen LogP contribution in [0.5, 0.6) is 0 Å². The maximum Gasteiger partial charge on any atom is 0.180 e. The molecule has 0 aromatic carbocycles. The molecule has 0 aliphatic rings. The highest BCUT2D eigenvalue weighted by molar-refractivity contribution is 7.92.